The minimum absolute atomic E-state index is 0.00785. The number of rotatable bonds is 2. The Bertz CT molecular complexity index is 1290. The average molecular weight is 493 g/mol. The van der Waals surface area contributed by atoms with Crippen LogP contribution in [0.4, 0.5) is 11.4 Å². The molecule has 0 unspecified atom stereocenters. The van der Waals surface area contributed by atoms with E-state index in [2.05, 4.69) is 143 Å². The van der Waals surface area contributed by atoms with Crippen molar-refractivity contribution >= 4 is 17.1 Å². The molecule has 0 N–H and O–H groups in total. The van der Waals surface area contributed by atoms with Crippen LogP contribution in [0.1, 0.15) is 58.1 Å². The summed E-state index contributed by atoms with van der Waals surface area (Å²) < 4.78 is 2.31. The Balaban J connectivity index is 1.51. The van der Waals surface area contributed by atoms with E-state index in [0.717, 1.165) is 12.8 Å². The van der Waals surface area contributed by atoms with Gasteiger partial charge in [-0.15, -0.1) is 0 Å². The van der Waals surface area contributed by atoms with Gasteiger partial charge in [0.15, 0.2) is 0 Å². The zero-order chi connectivity index (χ0) is 26.5. The van der Waals surface area contributed by atoms with Gasteiger partial charge in [-0.25, -0.2) is 4.58 Å². The molecule has 2 aliphatic heterocycles. The molecule has 0 spiro atoms. The Morgan fingerprint density at radius 1 is 0.649 bits per heavy atom. The van der Waals surface area contributed by atoms with Crippen LogP contribution in [0, 0.1) is 0 Å². The van der Waals surface area contributed by atoms with Crippen LogP contribution >= 0.6 is 0 Å². The molecule has 3 heteroatoms. The summed E-state index contributed by atoms with van der Waals surface area (Å²) in [7, 11) is 8.77. The van der Waals surface area contributed by atoms with Gasteiger partial charge in [-0.3, -0.25) is 0 Å². The first-order valence-electron chi connectivity index (χ1n) is 13.6. The number of nitrogens with zero attached hydrogens (tertiary/aromatic N) is 3. The van der Waals surface area contributed by atoms with Crippen LogP contribution < -0.4 is 9.80 Å². The van der Waals surface area contributed by atoms with Gasteiger partial charge in [-0.2, -0.15) is 0 Å². The fraction of sp³-hybridized carbons (Fsp3) is 0.382. The molecule has 0 saturated heterocycles. The molecule has 192 valence electrons. The normalized spacial score (nSPS) is 24.4. The number of allylic oxidation sites excluding steroid dienone is 8. The largest absolute Gasteiger partial charge is 0.347 e. The number of para-hydroxylation sites is 2. The molecule has 0 amide bonds. The van der Waals surface area contributed by atoms with Gasteiger partial charge in [0.1, 0.15) is 14.1 Å². The first-order valence-corrected chi connectivity index (χ1v) is 13.6. The Morgan fingerprint density at radius 2 is 1.05 bits per heavy atom. The van der Waals surface area contributed by atoms with Crippen LogP contribution in [0.5, 0.6) is 0 Å². The van der Waals surface area contributed by atoms with Crippen molar-refractivity contribution < 1.29 is 4.58 Å². The maximum absolute atomic E-state index is 2.39. The lowest BCUT2D eigenvalue weighted by atomic mass is 9.82. The molecule has 0 atom stereocenters. The maximum Gasteiger partial charge on any atom is 0.205 e. The van der Waals surface area contributed by atoms with Gasteiger partial charge in [-0.1, -0.05) is 76.2 Å². The molecule has 0 radical (unpaired) electrons. The van der Waals surface area contributed by atoms with Crippen molar-refractivity contribution in [1.82, 2.24) is 0 Å². The Morgan fingerprint density at radius 3 is 1.43 bits per heavy atom. The van der Waals surface area contributed by atoms with Crippen LogP contribution in [0.25, 0.3) is 0 Å². The van der Waals surface area contributed by atoms with E-state index in [1.807, 2.05) is 0 Å². The first-order chi connectivity index (χ1) is 17.5. The smallest absolute Gasteiger partial charge is 0.205 e. The molecule has 5 rings (SSSR count). The Hall–Kier alpha value is -3.33. The summed E-state index contributed by atoms with van der Waals surface area (Å²) in [5, 5.41) is 0. The van der Waals surface area contributed by atoms with Gasteiger partial charge >= 0.3 is 0 Å². The van der Waals surface area contributed by atoms with Gasteiger partial charge in [0.2, 0.25) is 5.71 Å². The van der Waals surface area contributed by atoms with E-state index in [-0.39, 0.29) is 10.8 Å². The zero-order valence-electron chi connectivity index (χ0n) is 23.9. The summed E-state index contributed by atoms with van der Waals surface area (Å²) in [6, 6.07) is 17.6. The van der Waals surface area contributed by atoms with Crippen LogP contribution in [0.3, 0.4) is 0 Å². The van der Waals surface area contributed by atoms with Gasteiger partial charge in [0, 0.05) is 58.8 Å². The Kier molecular flexibility index (Phi) is 6.30. The molecule has 2 aromatic rings. The standard InChI is InChI=1S/C34H42N3/c1-33(2)26-16-9-11-18-28(26)36(7)30(33)22-20-24-14-13-15-25(32(24)35(5)6)21-23-31-34(3,4)27-17-10-12-19-29(27)37(31)8/h9-12,16-23H,13-15H2,1-8H3/q+1. The fourth-order valence-electron chi connectivity index (χ4n) is 6.77. The summed E-state index contributed by atoms with van der Waals surface area (Å²) in [5.41, 5.74) is 12.3. The number of likely N-dealkylation sites (N-methyl/N-ethyl adjacent to an activating group) is 2. The van der Waals surface area contributed by atoms with Crippen molar-refractivity contribution in [3.63, 3.8) is 0 Å². The molecule has 1 fully saturated rings. The van der Waals surface area contributed by atoms with E-state index >= 15 is 0 Å². The summed E-state index contributed by atoms with van der Waals surface area (Å²) in [6.07, 6.45) is 12.9. The summed E-state index contributed by atoms with van der Waals surface area (Å²) in [5.74, 6) is 0. The van der Waals surface area contributed by atoms with Crippen molar-refractivity contribution in [3.05, 3.63) is 107 Å². The number of anilines is 2. The minimum atomic E-state index is -0.00785. The van der Waals surface area contributed by atoms with Crippen molar-refractivity contribution in [2.24, 2.45) is 0 Å². The number of hydrogen-bond donors (Lipinski definition) is 0. The van der Waals surface area contributed by atoms with Crippen molar-refractivity contribution in [2.75, 3.05) is 38.0 Å². The fourth-order valence-corrected chi connectivity index (χ4v) is 6.77. The highest BCUT2D eigenvalue weighted by Crippen LogP contribution is 2.48. The monoisotopic (exact) mass is 492 g/mol. The number of benzene rings is 2. The van der Waals surface area contributed by atoms with Crippen molar-refractivity contribution in [1.29, 1.82) is 0 Å². The molecular formula is C34H42N3+. The molecular weight excluding hydrogens is 450 g/mol. The lowest BCUT2D eigenvalue weighted by Crippen LogP contribution is -2.24. The van der Waals surface area contributed by atoms with Gasteiger partial charge in [-0.05, 0) is 54.7 Å². The predicted octanol–water partition coefficient (Wildman–Crippen LogP) is 7.36. The summed E-state index contributed by atoms with van der Waals surface area (Å²) >= 11 is 0. The second-order valence-electron chi connectivity index (χ2n) is 12.0. The summed E-state index contributed by atoms with van der Waals surface area (Å²) in [6.45, 7) is 9.36. The van der Waals surface area contributed by atoms with Crippen molar-refractivity contribution in [3.8, 4) is 0 Å². The number of fused-ring (bicyclic) bond motifs is 2. The number of hydrogen-bond acceptors (Lipinski definition) is 2. The third kappa shape index (κ3) is 4.09. The highest BCUT2D eigenvalue weighted by Gasteiger charge is 2.39. The molecule has 1 saturated carbocycles. The molecule has 37 heavy (non-hydrogen) atoms. The lowest BCUT2D eigenvalue weighted by Gasteiger charge is -2.25. The van der Waals surface area contributed by atoms with E-state index in [1.165, 1.54) is 57.2 Å². The van der Waals surface area contributed by atoms with Crippen LogP contribution in [-0.4, -0.2) is 38.5 Å². The predicted molar refractivity (Wildman–Crippen MR) is 159 cm³/mol. The topological polar surface area (TPSA) is 9.49 Å². The molecule has 0 bridgehead atoms. The summed E-state index contributed by atoms with van der Waals surface area (Å²) in [4.78, 5) is 4.72. The van der Waals surface area contributed by atoms with Crippen molar-refractivity contribution in [2.45, 2.75) is 57.8 Å². The third-order valence-electron chi connectivity index (χ3n) is 8.71. The molecule has 3 aliphatic rings. The van der Waals surface area contributed by atoms with Crippen LogP contribution in [-0.2, 0) is 10.8 Å². The highest BCUT2D eigenvalue weighted by molar-refractivity contribution is 6.10. The SMILES string of the molecule is CN1/C(=C/C=C2/CCC/C(=C\C=C3\N(C)c4ccccc4C3(C)C)C2=[N+](C)C)C(C)(C)c2ccccc21. The molecule has 0 aromatic heterocycles. The van der Waals surface area contributed by atoms with E-state index in [1.54, 1.807) is 0 Å². The highest BCUT2D eigenvalue weighted by atomic mass is 15.2. The van der Waals surface area contributed by atoms with Gasteiger partial charge in [0.05, 0.1) is 0 Å². The molecule has 2 aromatic carbocycles. The minimum Gasteiger partial charge on any atom is -0.347 e. The Labute approximate surface area is 223 Å². The van der Waals surface area contributed by atoms with E-state index in [9.17, 15) is 0 Å². The van der Waals surface area contributed by atoms with E-state index in [0.29, 0.717) is 0 Å². The third-order valence-corrected chi connectivity index (χ3v) is 8.71. The van der Waals surface area contributed by atoms with Crippen LogP contribution in [0.2, 0.25) is 0 Å². The van der Waals surface area contributed by atoms with E-state index in [4.69, 9.17) is 0 Å². The molecule has 2 heterocycles. The first kappa shape index (κ1) is 25.3. The lowest BCUT2D eigenvalue weighted by molar-refractivity contribution is -0.463. The average Bonchev–Trinajstić information content (AvgIpc) is 3.19. The maximum atomic E-state index is 2.39. The quantitative estimate of drug-likeness (QED) is 0.405. The van der Waals surface area contributed by atoms with E-state index < -0.39 is 0 Å². The van der Waals surface area contributed by atoms with Gasteiger partial charge < -0.3 is 9.80 Å². The zero-order valence-corrected chi connectivity index (χ0v) is 23.9. The van der Waals surface area contributed by atoms with Crippen LogP contribution in [0.15, 0.2) is 95.4 Å². The molecule has 1 aliphatic carbocycles. The van der Waals surface area contributed by atoms with Gasteiger partial charge in [0.25, 0.3) is 0 Å². The molecule has 3 nitrogen and oxygen atoms in total. The second kappa shape index (κ2) is 9.20. The second-order valence-corrected chi connectivity index (χ2v) is 12.0.